The number of nitrogens with one attached hydrogen (secondary N) is 1. The molecule has 27 heavy (non-hydrogen) atoms. The molecule has 1 saturated heterocycles. The monoisotopic (exact) mass is 428 g/mol. The van der Waals surface area contributed by atoms with Crippen LogP contribution < -0.4 is 9.03 Å². The van der Waals surface area contributed by atoms with Crippen molar-refractivity contribution in [3.63, 3.8) is 0 Å². The summed E-state index contributed by atoms with van der Waals surface area (Å²) in [5, 5.41) is 0.491. The van der Waals surface area contributed by atoms with Crippen molar-refractivity contribution in [2.75, 3.05) is 14.8 Å². The Kier molecular flexibility index (Phi) is 4.96. The zero-order chi connectivity index (χ0) is 20.0. The zero-order valence-corrected chi connectivity index (χ0v) is 16.9. The van der Waals surface area contributed by atoms with Crippen LogP contribution in [0.4, 0.5) is 11.4 Å². The van der Waals surface area contributed by atoms with Gasteiger partial charge in [0.05, 0.1) is 27.9 Å². The molecule has 0 aromatic heterocycles. The lowest BCUT2D eigenvalue weighted by atomic mass is 10.2. The summed E-state index contributed by atoms with van der Waals surface area (Å²) in [5.74, 6) is -1.42. The number of hydrogen-bond donors (Lipinski definition) is 1. The van der Waals surface area contributed by atoms with E-state index in [0.717, 1.165) is 4.31 Å². The number of hydrogen-bond acceptors (Lipinski definition) is 5. The lowest BCUT2D eigenvalue weighted by molar-refractivity contribution is -0.119. The number of anilines is 2. The topological polar surface area (TPSA) is 101 Å². The number of halogens is 1. The van der Waals surface area contributed by atoms with E-state index in [9.17, 15) is 21.6 Å². The first kappa shape index (κ1) is 19.7. The van der Waals surface area contributed by atoms with Gasteiger partial charge >= 0.3 is 0 Å². The maximum Gasteiger partial charge on any atom is 0.261 e. The van der Waals surface area contributed by atoms with Gasteiger partial charge in [-0.25, -0.2) is 21.1 Å². The molecule has 10 heteroatoms. The smallest absolute Gasteiger partial charge is 0.261 e. The maximum atomic E-state index is 12.6. The number of amides is 1. The fourth-order valence-corrected chi connectivity index (χ4v) is 5.97. The lowest BCUT2D eigenvalue weighted by Gasteiger charge is -2.16. The Labute approximate surface area is 163 Å². The fraction of sp³-hybridized carbons (Fsp3) is 0.235. The third-order valence-corrected chi connectivity index (χ3v) is 7.66. The van der Waals surface area contributed by atoms with E-state index < -0.39 is 31.9 Å². The van der Waals surface area contributed by atoms with E-state index in [2.05, 4.69) is 4.72 Å². The van der Waals surface area contributed by atoms with Gasteiger partial charge in [-0.15, -0.1) is 0 Å². The third kappa shape index (κ3) is 3.80. The molecule has 144 valence electrons. The number of rotatable bonds is 4. The van der Waals surface area contributed by atoms with Crippen molar-refractivity contribution < 1.29 is 21.6 Å². The van der Waals surface area contributed by atoms with Crippen LogP contribution in [0.3, 0.4) is 0 Å². The highest BCUT2D eigenvalue weighted by atomic mass is 35.5. The second kappa shape index (κ2) is 6.81. The van der Waals surface area contributed by atoms with Gasteiger partial charge in [0.25, 0.3) is 10.0 Å². The van der Waals surface area contributed by atoms with Gasteiger partial charge in [-0.1, -0.05) is 18.5 Å². The van der Waals surface area contributed by atoms with Gasteiger partial charge in [0.15, 0.2) is 0 Å². The van der Waals surface area contributed by atoms with Gasteiger partial charge in [-0.3, -0.25) is 9.52 Å². The van der Waals surface area contributed by atoms with Crippen LogP contribution >= 0.6 is 11.6 Å². The maximum absolute atomic E-state index is 12.6. The molecule has 1 atom stereocenters. The summed E-state index contributed by atoms with van der Waals surface area (Å²) >= 11 is 5.87. The molecule has 1 N–H and O–H groups in total. The second-order valence-electron chi connectivity index (χ2n) is 6.34. The summed E-state index contributed by atoms with van der Waals surface area (Å²) in [6.07, 6.45) is 0. The normalized spacial score (nSPS) is 19.3. The summed E-state index contributed by atoms with van der Waals surface area (Å²) in [4.78, 5) is 12.1. The first-order valence-electron chi connectivity index (χ1n) is 7.97. The highest BCUT2D eigenvalue weighted by Gasteiger charge is 2.41. The highest BCUT2D eigenvalue weighted by molar-refractivity contribution is 7.94. The average molecular weight is 429 g/mol. The van der Waals surface area contributed by atoms with Gasteiger partial charge in [-0.05, 0) is 55.0 Å². The molecule has 0 saturated carbocycles. The van der Waals surface area contributed by atoms with Gasteiger partial charge < -0.3 is 0 Å². The summed E-state index contributed by atoms with van der Waals surface area (Å²) in [6.45, 7) is 3.26. The molecular weight excluding hydrogens is 412 g/mol. The minimum absolute atomic E-state index is 0.0577. The Balaban J connectivity index is 1.89. The molecule has 3 rings (SSSR count). The predicted molar refractivity (Wildman–Crippen MR) is 104 cm³/mol. The van der Waals surface area contributed by atoms with E-state index in [4.69, 9.17) is 11.6 Å². The van der Waals surface area contributed by atoms with Crippen LogP contribution in [0.15, 0.2) is 47.4 Å². The quantitative estimate of drug-likeness (QED) is 0.806. The van der Waals surface area contributed by atoms with Crippen LogP contribution in [0.2, 0.25) is 5.02 Å². The van der Waals surface area contributed by atoms with E-state index in [1.807, 2.05) is 0 Å². The van der Waals surface area contributed by atoms with E-state index in [1.54, 1.807) is 25.1 Å². The van der Waals surface area contributed by atoms with E-state index in [1.165, 1.54) is 31.2 Å². The largest absolute Gasteiger partial charge is 0.279 e. The summed E-state index contributed by atoms with van der Waals surface area (Å²) < 4.78 is 52.6. The molecule has 0 bridgehead atoms. The van der Waals surface area contributed by atoms with Gasteiger partial charge in [0.2, 0.25) is 15.9 Å². The molecule has 1 amide bonds. The van der Waals surface area contributed by atoms with Crippen molar-refractivity contribution in [2.45, 2.75) is 18.7 Å². The Morgan fingerprint density at radius 3 is 2.30 bits per heavy atom. The van der Waals surface area contributed by atoms with Gasteiger partial charge in [0, 0.05) is 5.02 Å². The fourth-order valence-electron chi connectivity index (χ4n) is 2.79. The number of carbonyl (C=O) groups excluding carboxylic acids is 1. The van der Waals surface area contributed by atoms with Crippen molar-refractivity contribution >= 4 is 48.9 Å². The molecule has 1 aliphatic heterocycles. The number of nitrogens with zero attached hydrogens (tertiary/aromatic N) is 1. The Morgan fingerprint density at radius 2 is 1.78 bits per heavy atom. The Bertz CT molecular complexity index is 1110. The van der Waals surface area contributed by atoms with Gasteiger partial charge in [0.1, 0.15) is 0 Å². The zero-order valence-electron chi connectivity index (χ0n) is 14.5. The van der Waals surface area contributed by atoms with Crippen LogP contribution in [0.5, 0.6) is 0 Å². The minimum Gasteiger partial charge on any atom is -0.279 e. The highest BCUT2D eigenvalue weighted by Crippen LogP contribution is 2.29. The first-order chi connectivity index (χ1) is 12.5. The number of aryl methyl sites for hydroxylation is 1. The van der Waals surface area contributed by atoms with Crippen LogP contribution in [-0.4, -0.2) is 28.5 Å². The van der Waals surface area contributed by atoms with Crippen molar-refractivity contribution in [3.05, 3.63) is 53.1 Å². The third-order valence-electron chi connectivity index (χ3n) is 4.17. The summed E-state index contributed by atoms with van der Waals surface area (Å²) in [5.41, 5.74) is 1.16. The molecule has 1 heterocycles. The first-order valence-corrected chi connectivity index (χ1v) is 11.4. The minimum atomic E-state index is -3.89. The molecule has 0 radical (unpaired) electrons. The standard InChI is InChI=1S/C17H17ClN2O5S2/c1-11-9-13(18)3-8-16(11)19-27(24,25)15-6-4-14(5-7-15)20-17(21)12(2)10-26(20,22)23/h3-9,12,19H,10H2,1-2H3. The molecule has 2 aromatic carbocycles. The molecule has 7 nitrogen and oxygen atoms in total. The molecular formula is C17H17ClN2O5S2. The molecule has 1 fully saturated rings. The lowest BCUT2D eigenvalue weighted by Crippen LogP contribution is -2.30. The van der Waals surface area contributed by atoms with Crippen LogP contribution in [0.25, 0.3) is 0 Å². The van der Waals surface area contributed by atoms with Crippen molar-refractivity contribution in [2.24, 2.45) is 5.92 Å². The predicted octanol–water partition coefficient (Wildman–Crippen LogP) is 2.76. The summed E-state index contributed by atoms with van der Waals surface area (Å²) in [7, 11) is -7.63. The van der Waals surface area contributed by atoms with Crippen molar-refractivity contribution in [1.29, 1.82) is 0 Å². The molecule has 0 spiro atoms. The average Bonchev–Trinajstić information content (AvgIpc) is 2.78. The molecule has 1 unspecified atom stereocenters. The summed E-state index contributed by atoms with van der Waals surface area (Å²) in [6, 6.07) is 9.88. The molecule has 1 aliphatic rings. The SMILES string of the molecule is Cc1cc(Cl)ccc1NS(=O)(=O)c1ccc(N2C(=O)C(C)CS2(=O)=O)cc1. The van der Waals surface area contributed by atoms with Crippen molar-refractivity contribution in [3.8, 4) is 0 Å². The second-order valence-corrected chi connectivity index (χ2v) is 10.3. The van der Waals surface area contributed by atoms with Gasteiger partial charge in [-0.2, -0.15) is 0 Å². The number of sulfonamides is 2. The Hall–Kier alpha value is -2.10. The van der Waals surface area contributed by atoms with E-state index in [0.29, 0.717) is 16.3 Å². The van der Waals surface area contributed by atoms with Crippen LogP contribution in [-0.2, 0) is 24.8 Å². The van der Waals surface area contributed by atoms with E-state index >= 15 is 0 Å². The molecule has 2 aromatic rings. The Morgan fingerprint density at radius 1 is 1.15 bits per heavy atom. The number of carbonyl (C=O) groups is 1. The van der Waals surface area contributed by atoms with E-state index in [-0.39, 0.29) is 16.3 Å². The van der Waals surface area contributed by atoms with Crippen LogP contribution in [0.1, 0.15) is 12.5 Å². The molecule has 0 aliphatic carbocycles. The van der Waals surface area contributed by atoms with Crippen molar-refractivity contribution in [1.82, 2.24) is 0 Å². The number of benzene rings is 2. The van der Waals surface area contributed by atoms with Crippen LogP contribution in [0, 0.1) is 12.8 Å².